The lowest BCUT2D eigenvalue weighted by Crippen LogP contribution is -2.55. The Bertz CT molecular complexity index is 594. The Hall–Kier alpha value is -1.12. The maximum atomic E-state index is 12.9. The standard InChI is InChI=1S/C21H30O3/c1-13(22)24-19-8-7-15-14-12-18(23)17-6-4-5-10-20(17,2)16(14)9-11-21(15,19)3/h4-5,14-17,19H,6-12H2,1-3H3/t14-,15-,16-,17?,19-,20+,21-/m0/s1. The largest absolute Gasteiger partial charge is 0.462 e. The Morgan fingerprint density at radius 2 is 1.88 bits per heavy atom. The summed E-state index contributed by atoms with van der Waals surface area (Å²) in [4.78, 5) is 24.4. The number of hydrogen-bond donors (Lipinski definition) is 0. The van der Waals surface area contributed by atoms with E-state index in [4.69, 9.17) is 4.74 Å². The minimum absolute atomic E-state index is 0.0489. The van der Waals surface area contributed by atoms with Gasteiger partial charge >= 0.3 is 5.97 Å². The molecule has 0 amide bonds. The first-order valence-corrected chi connectivity index (χ1v) is 9.71. The van der Waals surface area contributed by atoms with Gasteiger partial charge in [-0.15, -0.1) is 0 Å². The number of rotatable bonds is 1. The van der Waals surface area contributed by atoms with Gasteiger partial charge in [0.15, 0.2) is 0 Å². The van der Waals surface area contributed by atoms with Crippen LogP contribution in [0, 0.1) is 34.5 Å². The molecule has 4 rings (SSSR count). The normalized spacial score (nSPS) is 50.0. The number of fused-ring (bicyclic) bond motifs is 5. The van der Waals surface area contributed by atoms with Crippen molar-refractivity contribution in [1.29, 1.82) is 0 Å². The van der Waals surface area contributed by atoms with Crippen molar-refractivity contribution in [3.63, 3.8) is 0 Å². The Kier molecular flexibility index (Phi) is 3.71. The molecule has 3 saturated carbocycles. The molecule has 0 N–H and O–H groups in total. The van der Waals surface area contributed by atoms with E-state index < -0.39 is 0 Å². The first-order valence-electron chi connectivity index (χ1n) is 9.71. The highest BCUT2D eigenvalue weighted by atomic mass is 16.5. The van der Waals surface area contributed by atoms with Gasteiger partial charge in [-0.05, 0) is 61.7 Å². The van der Waals surface area contributed by atoms with Crippen LogP contribution >= 0.6 is 0 Å². The number of carbonyl (C=O) groups excluding carboxylic acids is 2. The second-order valence-corrected chi connectivity index (χ2v) is 9.24. The third-order valence-corrected chi connectivity index (χ3v) is 8.22. The SMILES string of the molecule is CC(=O)O[C@H]1CC[C@H]2[C@@H]3CC(=O)C4CC=CC[C@]4(C)[C@H]3CC[C@]12C. The van der Waals surface area contributed by atoms with E-state index in [1.54, 1.807) is 0 Å². The fourth-order valence-electron chi connectivity index (χ4n) is 7.00. The zero-order chi connectivity index (χ0) is 17.1. The van der Waals surface area contributed by atoms with Crippen LogP contribution in [0.3, 0.4) is 0 Å². The van der Waals surface area contributed by atoms with E-state index in [-0.39, 0.29) is 28.8 Å². The van der Waals surface area contributed by atoms with Crippen LogP contribution in [0.5, 0.6) is 0 Å². The van der Waals surface area contributed by atoms with E-state index in [0.29, 0.717) is 23.5 Å². The molecule has 0 aromatic heterocycles. The number of allylic oxidation sites excluding steroid dienone is 2. The lowest BCUT2D eigenvalue weighted by Gasteiger charge is -2.58. The van der Waals surface area contributed by atoms with Crippen LogP contribution in [0.1, 0.15) is 65.7 Å². The Morgan fingerprint density at radius 1 is 1.12 bits per heavy atom. The third kappa shape index (κ3) is 2.16. The zero-order valence-corrected chi connectivity index (χ0v) is 15.2. The minimum atomic E-state index is -0.159. The number of Topliss-reactive ketones (excluding diaryl/α,β-unsaturated/α-hetero) is 1. The smallest absolute Gasteiger partial charge is 0.302 e. The number of ketones is 1. The van der Waals surface area contributed by atoms with Crippen molar-refractivity contribution in [3.05, 3.63) is 12.2 Å². The molecule has 7 atom stereocenters. The van der Waals surface area contributed by atoms with Crippen molar-refractivity contribution in [3.8, 4) is 0 Å². The van der Waals surface area contributed by atoms with E-state index in [1.165, 1.54) is 13.3 Å². The molecular weight excluding hydrogens is 300 g/mol. The van der Waals surface area contributed by atoms with E-state index >= 15 is 0 Å². The minimum Gasteiger partial charge on any atom is -0.462 e. The summed E-state index contributed by atoms with van der Waals surface area (Å²) in [7, 11) is 0. The molecule has 0 bridgehead atoms. The van der Waals surface area contributed by atoms with Crippen molar-refractivity contribution >= 4 is 11.8 Å². The Balaban J connectivity index is 1.65. The van der Waals surface area contributed by atoms with Gasteiger partial charge in [-0.25, -0.2) is 0 Å². The van der Waals surface area contributed by atoms with E-state index in [2.05, 4.69) is 26.0 Å². The molecule has 4 aliphatic carbocycles. The molecule has 0 aromatic rings. The Morgan fingerprint density at radius 3 is 2.62 bits per heavy atom. The van der Waals surface area contributed by atoms with E-state index in [0.717, 1.165) is 38.5 Å². The predicted molar refractivity (Wildman–Crippen MR) is 92.2 cm³/mol. The van der Waals surface area contributed by atoms with Crippen LogP contribution in [-0.4, -0.2) is 17.9 Å². The molecule has 0 aromatic carbocycles. The van der Waals surface area contributed by atoms with Crippen molar-refractivity contribution in [1.82, 2.24) is 0 Å². The quantitative estimate of drug-likeness (QED) is 0.531. The molecule has 3 heteroatoms. The van der Waals surface area contributed by atoms with Crippen LogP contribution in [0.25, 0.3) is 0 Å². The van der Waals surface area contributed by atoms with E-state index in [1.807, 2.05) is 0 Å². The average molecular weight is 330 g/mol. The molecule has 0 radical (unpaired) electrons. The fraction of sp³-hybridized carbons (Fsp3) is 0.810. The van der Waals surface area contributed by atoms with Crippen molar-refractivity contribution < 1.29 is 14.3 Å². The molecule has 4 aliphatic rings. The van der Waals surface area contributed by atoms with Crippen molar-refractivity contribution in [2.45, 2.75) is 71.8 Å². The van der Waals surface area contributed by atoms with Gasteiger partial charge in [0.2, 0.25) is 0 Å². The molecule has 24 heavy (non-hydrogen) atoms. The van der Waals surface area contributed by atoms with Gasteiger partial charge in [-0.3, -0.25) is 9.59 Å². The first-order chi connectivity index (χ1) is 11.4. The summed E-state index contributed by atoms with van der Waals surface area (Å²) in [5.74, 6) is 2.24. The summed E-state index contributed by atoms with van der Waals surface area (Å²) in [6.07, 6.45) is 11.7. The monoisotopic (exact) mass is 330 g/mol. The fourth-order valence-corrected chi connectivity index (χ4v) is 7.00. The lowest BCUT2D eigenvalue weighted by atomic mass is 9.45. The molecule has 3 fully saturated rings. The zero-order valence-electron chi connectivity index (χ0n) is 15.2. The van der Waals surface area contributed by atoms with Crippen molar-refractivity contribution in [2.24, 2.45) is 34.5 Å². The number of carbonyl (C=O) groups is 2. The van der Waals surface area contributed by atoms with Crippen molar-refractivity contribution in [2.75, 3.05) is 0 Å². The number of ether oxygens (including phenoxy) is 1. The third-order valence-electron chi connectivity index (χ3n) is 8.22. The average Bonchev–Trinajstić information content (AvgIpc) is 2.84. The molecule has 0 heterocycles. The summed E-state index contributed by atoms with van der Waals surface area (Å²) in [6.45, 7) is 6.21. The van der Waals surface area contributed by atoms with Gasteiger partial charge in [-0.1, -0.05) is 26.0 Å². The first kappa shape index (κ1) is 16.4. The maximum Gasteiger partial charge on any atom is 0.302 e. The summed E-state index contributed by atoms with van der Waals surface area (Å²) < 4.78 is 5.69. The van der Waals surface area contributed by atoms with Gasteiger partial charge in [0.25, 0.3) is 0 Å². The second-order valence-electron chi connectivity index (χ2n) is 9.24. The highest BCUT2D eigenvalue weighted by molar-refractivity contribution is 5.83. The number of hydrogen-bond acceptors (Lipinski definition) is 3. The Labute approximate surface area is 145 Å². The van der Waals surface area contributed by atoms with Crippen LogP contribution in [0.2, 0.25) is 0 Å². The van der Waals surface area contributed by atoms with Crippen LogP contribution in [0.15, 0.2) is 12.2 Å². The second kappa shape index (κ2) is 5.44. The van der Waals surface area contributed by atoms with Crippen LogP contribution in [0.4, 0.5) is 0 Å². The van der Waals surface area contributed by atoms with Gasteiger partial charge in [-0.2, -0.15) is 0 Å². The molecule has 3 nitrogen and oxygen atoms in total. The van der Waals surface area contributed by atoms with Gasteiger partial charge < -0.3 is 4.74 Å². The topological polar surface area (TPSA) is 43.4 Å². The predicted octanol–water partition coefficient (Wildman–Crippen LogP) is 4.31. The van der Waals surface area contributed by atoms with E-state index in [9.17, 15) is 9.59 Å². The highest BCUT2D eigenvalue weighted by Crippen LogP contribution is 2.65. The van der Waals surface area contributed by atoms with Gasteiger partial charge in [0.05, 0.1) is 0 Å². The molecule has 0 aliphatic heterocycles. The van der Waals surface area contributed by atoms with Crippen LogP contribution in [-0.2, 0) is 14.3 Å². The maximum absolute atomic E-state index is 12.9. The molecule has 132 valence electrons. The summed E-state index contributed by atoms with van der Waals surface area (Å²) in [5, 5.41) is 0. The number of esters is 1. The molecule has 0 saturated heterocycles. The highest BCUT2D eigenvalue weighted by Gasteiger charge is 2.62. The molecule has 0 spiro atoms. The van der Waals surface area contributed by atoms with Gasteiger partial charge in [0.1, 0.15) is 11.9 Å². The van der Waals surface area contributed by atoms with Gasteiger partial charge in [0, 0.05) is 24.7 Å². The lowest BCUT2D eigenvalue weighted by molar-refractivity contribution is -0.164. The summed E-state index contributed by atoms with van der Waals surface area (Å²) in [6, 6.07) is 0. The molecular formula is C21H30O3. The molecule has 1 unspecified atom stereocenters. The summed E-state index contributed by atoms with van der Waals surface area (Å²) in [5.41, 5.74) is 0.219. The summed E-state index contributed by atoms with van der Waals surface area (Å²) >= 11 is 0. The van der Waals surface area contributed by atoms with Crippen LogP contribution < -0.4 is 0 Å².